The molecule has 3 nitrogen and oxygen atoms in total. The predicted octanol–water partition coefficient (Wildman–Crippen LogP) is 3.65. The van der Waals surface area contributed by atoms with E-state index in [1.54, 1.807) is 18.4 Å². The van der Waals surface area contributed by atoms with Crippen molar-refractivity contribution in [3.63, 3.8) is 0 Å². The number of methoxy groups -OCH3 is 1. The van der Waals surface area contributed by atoms with Gasteiger partial charge in [-0.3, -0.25) is 0 Å². The molecule has 112 valence electrons. The van der Waals surface area contributed by atoms with Gasteiger partial charge in [-0.05, 0) is 56.0 Å². The molecule has 2 aromatic rings. The fraction of sp³-hybridized carbons (Fsp3) is 0.471. The normalized spacial score (nSPS) is 20.5. The summed E-state index contributed by atoms with van der Waals surface area (Å²) >= 11 is 1.76. The Morgan fingerprint density at radius 1 is 1.43 bits per heavy atom. The SMILES string of the molecule is CCCNC1(c2nc(C)cs2)CCc2ccc(OC)cc21. The van der Waals surface area contributed by atoms with Gasteiger partial charge in [0.15, 0.2) is 0 Å². The lowest BCUT2D eigenvalue weighted by Crippen LogP contribution is -2.42. The lowest BCUT2D eigenvalue weighted by atomic mass is 9.92. The van der Waals surface area contributed by atoms with E-state index in [2.05, 4.69) is 42.7 Å². The highest BCUT2D eigenvalue weighted by Gasteiger charge is 2.42. The highest BCUT2D eigenvalue weighted by atomic mass is 32.1. The summed E-state index contributed by atoms with van der Waals surface area (Å²) in [6.45, 7) is 5.26. The van der Waals surface area contributed by atoms with Gasteiger partial charge in [-0.25, -0.2) is 4.98 Å². The summed E-state index contributed by atoms with van der Waals surface area (Å²) in [5.74, 6) is 0.923. The van der Waals surface area contributed by atoms with Gasteiger partial charge in [-0.1, -0.05) is 13.0 Å². The highest BCUT2D eigenvalue weighted by Crippen LogP contribution is 2.44. The molecule has 0 spiro atoms. The van der Waals surface area contributed by atoms with Gasteiger partial charge in [-0.15, -0.1) is 11.3 Å². The number of nitrogens with zero attached hydrogens (tertiary/aromatic N) is 1. The molecule has 1 aliphatic rings. The molecule has 1 N–H and O–H groups in total. The maximum Gasteiger partial charge on any atom is 0.119 e. The van der Waals surface area contributed by atoms with Crippen LogP contribution in [-0.2, 0) is 12.0 Å². The van der Waals surface area contributed by atoms with Crippen LogP contribution in [0.4, 0.5) is 0 Å². The van der Waals surface area contributed by atoms with Gasteiger partial charge in [0.05, 0.1) is 12.6 Å². The Labute approximate surface area is 130 Å². The first-order valence-electron chi connectivity index (χ1n) is 7.54. The summed E-state index contributed by atoms with van der Waals surface area (Å²) in [6, 6.07) is 6.44. The zero-order valence-electron chi connectivity index (χ0n) is 12.9. The molecule has 1 aromatic heterocycles. The number of hydrogen-bond acceptors (Lipinski definition) is 4. The molecular weight excluding hydrogens is 280 g/mol. The van der Waals surface area contributed by atoms with Crippen molar-refractivity contribution in [2.75, 3.05) is 13.7 Å². The van der Waals surface area contributed by atoms with E-state index in [4.69, 9.17) is 9.72 Å². The Hall–Kier alpha value is -1.39. The molecule has 0 aliphatic heterocycles. The summed E-state index contributed by atoms with van der Waals surface area (Å²) in [5.41, 5.74) is 3.71. The van der Waals surface area contributed by atoms with Crippen LogP contribution in [0, 0.1) is 6.92 Å². The van der Waals surface area contributed by atoms with Crippen molar-refractivity contribution >= 4 is 11.3 Å². The Balaban J connectivity index is 2.11. The molecule has 1 unspecified atom stereocenters. The second kappa shape index (κ2) is 5.78. The van der Waals surface area contributed by atoms with E-state index in [1.807, 2.05) is 0 Å². The molecule has 1 heterocycles. The van der Waals surface area contributed by atoms with Gasteiger partial charge in [-0.2, -0.15) is 0 Å². The first-order valence-corrected chi connectivity index (χ1v) is 8.42. The third kappa shape index (κ3) is 2.47. The molecule has 0 bridgehead atoms. The first kappa shape index (κ1) is 14.5. The van der Waals surface area contributed by atoms with Crippen LogP contribution in [0.25, 0.3) is 0 Å². The fourth-order valence-corrected chi connectivity index (χ4v) is 4.14. The fourth-order valence-electron chi connectivity index (χ4n) is 3.12. The standard InChI is InChI=1S/C17H22N2OS/c1-4-9-18-17(16-19-12(2)11-21-16)8-7-13-5-6-14(20-3)10-15(13)17/h5-6,10-11,18H,4,7-9H2,1-3H3. The number of benzene rings is 1. The summed E-state index contributed by atoms with van der Waals surface area (Å²) < 4.78 is 5.43. The van der Waals surface area contributed by atoms with Gasteiger partial charge in [0, 0.05) is 11.1 Å². The number of aryl methyl sites for hydroxylation is 2. The molecule has 0 radical (unpaired) electrons. The predicted molar refractivity (Wildman–Crippen MR) is 87.2 cm³/mol. The number of hydrogen-bond donors (Lipinski definition) is 1. The lowest BCUT2D eigenvalue weighted by molar-refractivity contribution is 0.390. The number of aromatic nitrogens is 1. The van der Waals surface area contributed by atoms with Crippen LogP contribution in [0.1, 0.15) is 41.6 Å². The van der Waals surface area contributed by atoms with Crippen LogP contribution in [0.2, 0.25) is 0 Å². The maximum absolute atomic E-state index is 5.43. The van der Waals surface area contributed by atoms with Crippen molar-refractivity contribution in [3.8, 4) is 5.75 Å². The number of ether oxygens (including phenoxy) is 1. The number of rotatable bonds is 5. The van der Waals surface area contributed by atoms with Gasteiger partial charge in [0.2, 0.25) is 0 Å². The third-order valence-electron chi connectivity index (χ3n) is 4.21. The summed E-state index contributed by atoms with van der Waals surface area (Å²) in [7, 11) is 1.73. The van der Waals surface area contributed by atoms with E-state index in [9.17, 15) is 0 Å². The van der Waals surface area contributed by atoms with Gasteiger partial charge in [0.25, 0.3) is 0 Å². The molecule has 4 heteroatoms. The van der Waals surface area contributed by atoms with Gasteiger partial charge < -0.3 is 10.1 Å². The van der Waals surface area contributed by atoms with Crippen molar-refractivity contribution in [1.29, 1.82) is 0 Å². The minimum atomic E-state index is -0.140. The number of fused-ring (bicyclic) bond motifs is 1. The molecule has 21 heavy (non-hydrogen) atoms. The Bertz CT molecular complexity index is 637. The number of thiazole rings is 1. The van der Waals surface area contributed by atoms with Crippen LogP contribution in [0.3, 0.4) is 0 Å². The third-order valence-corrected chi connectivity index (χ3v) is 5.33. The molecule has 1 aromatic carbocycles. The molecule has 0 saturated carbocycles. The largest absolute Gasteiger partial charge is 0.497 e. The molecular formula is C17H22N2OS. The second-order valence-electron chi connectivity index (χ2n) is 5.65. The van der Waals surface area contributed by atoms with Crippen molar-refractivity contribution in [1.82, 2.24) is 10.3 Å². The van der Waals surface area contributed by atoms with Crippen LogP contribution in [-0.4, -0.2) is 18.6 Å². The van der Waals surface area contributed by atoms with Crippen LogP contribution in [0.15, 0.2) is 23.6 Å². The van der Waals surface area contributed by atoms with Crippen molar-refractivity contribution in [2.24, 2.45) is 0 Å². The zero-order chi connectivity index (χ0) is 14.9. The summed E-state index contributed by atoms with van der Waals surface area (Å²) in [4.78, 5) is 4.79. The molecule has 1 aliphatic carbocycles. The molecule has 0 amide bonds. The quantitative estimate of drug-likeness (QED) is 0.915. The number of nitrogens with one attached hydrogen (secondary N) is 1. The Morgan fingerprint density at radius 2 is 2.29 bits per heavy atom. The van der Waals surface area contributed by atoms with Crippen LogP contribution in [0.5, 0.6) is 5.75 Å². The summed E-state index contributed by atoms with van der Waals surface area (Å²) in [5, 5.41) is 7.10. The van der Waals surface area contributed by atoms with Crippen LogP contribution < -0.4 is 10.1 Å². The van der Waals surface area contributed by atoms with Crippen molar-refractivity contribution in [2.45, 2.75) is 38.6 Å². The molecule has 3 rings (SSSR count). The van der Waals surface area contributed by atoms with E-state index in [0.717, 1.165) is 37.3 Å². The first-order chi connectivity index (χ1) is 10.2. The summed E-state index contributed by atoms with van der Waals surface area (Å²) in [6.07, 6.45) is 3.28. The lowest BCUT2D eigenvalue weighted by Gasteiger charge is -2.30. The molecule has 0 fully saturated rings. The Kier molecular flexibility index (Phi) is 4.00. The second-order valence-corrected chi connectivity index (χ2v) is 6.51. The van der Waals surface area contributed by atoms with E-state index >= 15 is 0 Å². The molecule has 1 atom stereocenters. The smallest absolute Gasteiger partial charge is 0.119 e. The van der Waals surface area contributed by atoms with E-state index in [0.29, 0.717) is 0 Å². The Morgan fingerprint density at radius 3 is 2.95 bits per heavy atom. The van der Waals surface area contributed by atoms with Crippen molar-refractivity contribution < 1.29 is 4.74 Å². The average molecular weight is 302 g/mol. The molecule has 0 saturated heterocycles. The average Bonchev–Trinajstić information content (AvgIpc) is 3.09. The topological polar surface area (TPSA) is 34.2 Å². The van der Waals surface area contributed by atoms with E-state index in [-0.39, 0.29) is 5.54 Å². The van der Waals surface area contributed by atoms with E-state index < -0.39 is 0 Å². The van der Waals surface area contributed by atoms with Crippen LogP contribution >= 0.6 is 11.3 Å². The van der Waals surface area contributed by atoms with Crippen molar-refractivity contribution in [3.05, 3.63) is 45.4 Å². The monoisotopic (exact) mass is 302 g/mol. The van der Waals surface area contributed by atoms with Gasteiger partial charge >= 0.3 is 0 Å². The van der Waals surface area contributed by atoms with Gasteiger partial charge in [0.1, 0.15) is 10.8 Å². The minimum Gasteiger partial charge on any atom is -0.497 e. The van der Waals surface area contributed by atoms with E-state index in [1.165, 1.54) is 16.1 Å². The highest BCUT2D eigenvalue weighted by molar-refractivity contribution is 7.09. The zero-order valence-corrected chi connectivity index (χ0v) is 13.7. The minimum absolute atomic E-state index is 0.140. The maximum atomic E-state index is 5.43.